The molecule has 2 fully saturated rings. The van der Waals surface area contributed by atoms with Crippen molar-refractivity contribution in [3.63, 3.8) is 0 Å². The van der Waals surface area contributed by atoms with E-state index in [-0.39, 0.29) is 30.1 Å². The summed E-state index contributed by atoms with van der Waals surface area (Å²) in [6.07, 6.45) is 4.54. The number of aliphatic hydroxyl groups is 1. The van der Waals surface area contributed by atoms with Gasteiger partial charge in [-0.2, -0.15) is 5.10 Å². The van der Waals surface area contributed by atoms with Crippen LogP contribution in [0.4, 0.5) is 0 Å². The maximum Gasteiger partial charge on any atom is 0.226 e. The van der Waals surface area contributed by atoms with Gasteiger partial charge in [-0.25, -0.2) is 0 Å². The minimum absolute atomic E-state index is 0.0534. The summed E-state index contributed by atoms with van der Waals surface area (Å²) in [5, 5.41) is 13.8. The molecule has 1 aromatic heterocycles. The number of amides is 1. The van der Waals surface area contributed by atoms with E-state index in [0.29, 0.717) is 26.0 Å². The minimum Gasteiger partial charge on any atom is -0.393 e. The molecule has 0 aromatic carbocycles. The molecule has 1 amide bonds. The molecule has 0 spiro atoms. The van der Waals surface area contributed by atoms with Gasteiger partial charge in [-0.05, 0) is 26.9 Å². The molecule has 1 aliphatic heterocycles. The molecule has 2 atom stereocenters. The topological polar surface area (TPSA) is 70.8 Å². The molecular weight excluding hydrogens is 296 g/mol. The molecule has 1 aliphatic carbocycles. The molecule has 23 heavy (non-hydrogen) atoms. The summed E-state index contributed by atoms with van der Waals surface area (Å²) in [6, 6.07) is -0.120. The highest BCUT2D eigenvalue weighted by molar-refractivity contribution is 5.80. The first-order valence-electron chi connectivity index (χ1n) is 8.19. The molecule has 0 bridgehead atoms. The lowest BCUT2D eigenvalue weighted by Gasteiger charge is -2.44. The zero-order valence-corrected chi connectivity index (χ0v) is 14.1. The van der Waals surface area contributed by atoms with Gasteiger partial charge in [-0.15, -0.1) is 0 Å². The molecule has 1 saturated carbocycles. The molecule has 0 radical (unpaired) electrons. The number of aryl methyl sites for hydroxylation is 1. The lowest BCUT2D eigenvalue weighted by atomic mass is 9.80. The van der Waals surface area contributed by atoms with Gasteiger partial charge in [0.25, 0.3) is 0 Å². The van der Waals surface area contributed by atoms with Crippen LogP contribution in [0.2, 0.25) is 0 Å². The van der Waals surface area contributed by atoms with Gasteiger partial charge in [0, 0.05) is 37.8 Å². The van der Waals surface area contributed by atoms with Crippen LogP contribution in [0.1, 0.15) is 24.4 Å². The van der Waals surface area contributed by atoms with Crippen LogP contribution in [-0.4, -0.2) is 76.6 Å². The van der Waals surface area contributed by atoms with Gasteiger partial charge in [0.1, 0.15) is 0 Å². The Kier molecular flexibility index (Phi) is 4.70. The number of carbonyl (C=O) groups excluding carboxylic acids is 1. The van der Waals surface area contributed by atoms with E-state index in [4.69, 9.17) is 4.74 Å². The van der Waals surface area contributed by atoms with Crippen molar-refractivity contribution in [3.05, 3.63) is 18.0 Å². The summed E-state index contributed by atoms with van der Waals surface area (Å²) in [7, 11) is 5.89. The molecule has 1 saturated heterocycles. The third-order valence-corrected chi connectivity index (χ3v) is 4.71. The second kappa shape index (κ2) is 6.59. The predicted octanol–water partition coefficient (Wildman–Crippen LogP) is 0.0211. The molecule has 0 unspecified atom stereocenters. The van der Waals surface area contributed by atoms with Crippen molar-refractivity contribution >= 4 is 5.91 Å². The maximum absolute atomic E-state index is 12.9. The van der Waals surface area contributed by atoms with E-state index in [1.807, 2.05) is 38.4 Å². The van der Waals surface area contributed by atoms with E-state index >= 15 is 0 Å². The van der Waals surface area contributed by atoms with Crippen LogP contribution in [0.5, 0.6) is 0 Å². The van der Waals surface area contributed by atoms with Crippen LogP contribution >= 0.6 is 0 Å². The number of rotatable bonds is 4. The van der Waals surface area contributed by atoms with E-state index in [1.54, 1.807) is 4.68 Å². The van der Waals surface area contributed by atoms with Crippen molar-refractivity contribution in [1.82, 2.24) is 19.6 Å². The summed E-state index contributed by atoms with van der Waals surface area (Å²) in [5.41, 5.74) is 1.01. The molecule has 3 rings (SSSR count). The van der Waals surface area contributed by atoms with Crippen molar-refractivity contribution in [1.29, 1.82) is 0 Å². The Hall–Kier alpha value is -1.44. The van der Waals surface area contributed by atoms with E-state index in [2.05, 4.69) is 10.00 Å². The third-order valence-electron chi connectivity index (χ3n) is 4.71. The summed E-state index contributed by atoms with van der Waals surface area (Å²) < 4.78 is 7.73. The standard InChI is InChI=1S/C16H26N4O3/c1-18(2)10-14-15(12-8-17-19(3)9-12)20(4-5-23-14)16(22)11-6-13(21)7-11/h8-9,11,13-15,21H,4-7,10H2,1-3H3/t11?,13?,14-,15-/m0/s1. The van der Waals surface area contributed by atoms with Crippen LogP contribution in [0, 0.1) is 5.92 Å². The Morgan fingerprint density at radius 3 is 2.78 bits per heavy atom. The first-order valence-corrected chi connectivity index (χ1v) is 8.19. The van der Waals surface area contributed by atoms with Gasteiger partial charge in [-0.3, -0.25) is 9.48 Å². The van der Waals surface area contributed by atoms with Crippen LogP contribution in [0.25, 0.3) is 0 Å². The van der Waals surface area contributed by atoms with Gasteiger partial charge >= 0.3 is 0 Å². The number of aromatic nitrogens is 2. The summed E-state index contributed by atoms with van der Waals surface area (Å²) in [4.78, 5) is 16.9. The second-order valence-electron chi connectivity index (χ2n) is 6.92. The van der Waals surface area contributed by atoms with Crippen LogP contribution < -0.4 is 0 Å². The quantitative estimate of drug-likeness (QED) is 0.846. The molecule has 7 heteroatoms. The van der Waals surface area contributed by atoms with Gasteiger partial charge < -0.3 is 19.6 Å². The van der Waals surface area contributed by atoms with Crippen molar-refractivity contribution in [2.45, 2.75) is 31.1 Å². The summed E-state index contributed by atoms with van der Waals surface area (Å²) in [5.74, 6) is 0.0819. The summed E-state index contributed by atoms with van der Waals surface area (Å²) in [6.45, 7) is 1.89. The summed E-state index contributed by atoms with van der Waals surface area (Å²) >= 11 is 0. The molecular formula is C16H26N4O3. The van der Waals surface area contributed by atoms with Crippen molar-refractivity contribution in [2.24, 2.45) is 13.0 Å². The molecule has 2 aliphatic rings. The van der Waals surface area contributed by atoms with Gasteiger partial charge in [-0.1, -0.05) is 0 Å². The first kappa shape index (κ1) is 16.4. The molecule has 1 N–H and O–H groups in total. The Bertz CT molecular complexity index is 553. The number of aliphatic hydroxyl groups excluding tert-OH is 1. The normalized spacial score (nSPS) is 31.3. The number of ether oxygens (including phenoxy) is 1. The van der Waals surface area contributed by atoms with Crippen molar-refractivity contribution in [3.8, 4) is 0 Å². The zero-order chi connectivity index (χ0) is 16.6. The number of hydrogen-bond acceptors (Lipinski definition) is 5. The number of morpholine rings is 1. The largest absolute Gasteiger partial charge is 0.393 e. The average Bonchev–Trinajstić information content (AvgIpc) is 2.88. The molecule has 2 heterocycles. The Labute approximate surface area is 136 Å². The molecule has 7 nitrogen and oxygen atoms in total. The van der Waals surface area contributed by atoms with Crippen LogP contribution in [-0.2, 0) is 16.6 Å². The number of hydrogen-bond donors (Lipinski definition) is 1. The highest BCUT2D eigenvalue weighted by atomic mass is 16.5. The smallest absolute Gasteiger partial charge is 0.226 e. The maximum atomic E-state index is 12.9. The van der Waals surface area contributed by atoms with Gasteiger partial charge in [0.15, 0.2) is 0 Å². The monoisotopic (exact) mass is 322 g/mol. The minimum atomic E-state index is -0.320. The number of carbonyl (C=O) groups is 1. The highest BCUT2D eigenvalue weighted by Crippen LogP contribution is 2.35. The lowest BCUT2D eigenvalue weighted by molar-refractivity contribution is -0.158. The van der Waals surface area contributed by atoms with E-state index in [9.17, 15) is 9.90 Å². The fourth-order valence-corrected chi connectivity index (χ4v) is 3.50. The van der Waals surface area contributed by atoms with Crippen LogP contribution in [0.3, 0.4) is 0 Å². The number of nitrogens with zero attached hydrogens (tertiary/aromatic N) is 4. The Morgan fingerprint density at radius 2 is 2.22 bits per heavy atom. The molecule has 128 valence electrons. The fraction of sp³-hybridized carbons (Fsp3) is 0.750. The lowest BCUT2D eigenvalue weighted by Crippen LogP contribution is -2.54. The average molecular weight is 322 g/mol. The van der Waals surface area contributed by atoms with E-state index in [0.717, 1.165) is 12.1 Å². The predicted molar refractivity (Wildman–Crippen MR) is 84.7 cm³/mol. The van der Waals surface area contributed by atoms with E-state index in [1.165, 1.54) is 0 Å². The van der Waals surface area contributed by atoms with Crippen LogP contribution in [0.15, 0.2) is 12.4 Å². The van der Waals surface area contributed by atoms with Gasteiger partial charge in [0.2, 0.25) is 5.91 Å². The Morgan fingerprint density at radius 1 is 1.48 bits per heavy atom. The SMILES string of the molecule is CN(C)C[C@@H]1OCCN(C(=O)C2CC(O)C2)[C@H]1c1cnn(C)c1. The third kappa shape index (κ3) is 3.41. The first-order chi connectivity index (χ1) is 11.0. The zero-order valence-electron chi connectivity index (χ0n) is 14.1. The Balaban J connectivity index is 1.84. The van der Waals surface area contributed by atoms with Crippen molar-refractivity contribution in [2.75, 3.05) is 33.8 Å². The molecule has 1 aromatic rings. The van der Waals surface area contributed by atoms with Gasteiger partial charge in [0.05, 0.1) is 31.1 Å². The fourth-order valence-electron chi connectivity index (χ4n) is 3.50. The number of likely N-dealkylation sites (N-methyl/N-ethyl adjacent to an activating group) is 1. The van der Waals surface area contributed by atoms with Crippen molar-refractivity contribution < 1.29 is 14.6 Å². The van der Waals surface area contributed by atoms with E-state index < -0.39 is 0 Å². The second-order valence-corrected chi connectivity index (χ2v) is 6.92. The highest BCUT2D eigenvalue weighted by Gasteiger charge is 2.42.